The molecule has 3 rings (SSSR count). The maximum absolute atomic E-state index is 12.2. The van der Waals surface area contributed by atoms with Crippen LogP contribution in [0, 0.1) is 5.92 Å². The number of benzene rings is 1. The molecule has 1 saturated heterocycles. The van der Waals surface area contributed by atoms with Crippen LogP contribution in [0.5, 0.6) is 0 Å². The lowest BCUT2D eigenvalue weighted by Crippen LogP contribution is -2.38. The fourth-order valence-electron chi connectivity index (χ4n) is 3.19. The van der Waals surface area contributed by atoms with Crippen molar-refractivity contribution in [2.75, 3.05) is 18.0 Å². The summed E-state index contributed by atoms with van der Waals surface area (Å²) < 4.78 is 36.5. The highest BCUT2D eigenvalue weighted by Crippen LogP contribution is 2.30. The third kappa shape index (κ3) is 3.48. The first-order valence-electron chi connectivity index (χ1n) is 7.60. The van der Waals surface area contributed by atoms with Crippen molar-refractivity contribution in [3.63, 3.8) is 0 Å². The second-order valence-corrected chi connectivity index (χ2v) is 6.04. The highest BCUT2D eigenvalue weighted by molar-refractivity contribution is 6.00. The smallest absolute Gasteiger partial charge is 0.347 e. The van der Waals surface area contributed by atoms with E-state index in [0.717, 1.165) is 24.9 Å². The van der Waals surface area contributed by atoms with Gasteiger partial charge in [0.05, 0.1) is 5.92 Å². The van der Waals surface area contributed by atoms with Crippen molar-refractivity contribution in [1.82, 2.24) is 5.32 Å². The Kier molecular flexibility index (Phi) is 4.04. The van der Waals surface area contributed by atoms with Gasteiger partial charge in [-0.05, 0) is 42.5 Å². The van der Waals surface area contributed by atoms with E-state index in [1.807, 2.05) is 23.5 Å². The van der Waals surface area contributed by atoms with E-state index in [1.54, 1.807) is 0 Å². The Morgan fingerprint density at radius 3 is 2.74 bits per heavy atom. The molecule has 1 aliphatic heterocycles. The molecular weight excluding hydrogens is 309 g/mol. The zero-order valence-electron chi connectivity index (χ0n) is 12.4. The predicted octanol–water partition coefficient (Wildman–Crippen LogP) is 2.21. The van der Waals surface area contributed by atoms with Gasteiger partial charge in [0.25, 0.3) is 0 Å². The monoisotopic (exact) mass is 326 g/mol. The molecule has 0 radical (unpaired) electrons. The SMILES string of the molecule is O=C(NCC(F)(F)F)C1CC(=O)N(c2ccc3c(c2)CCC3)C1. The van der Waals surface area contributed by atoms with E-state index in [-0.39, 0.29) is 18.9 Å². The van der Waals surface area contributed by atoms with E-state index in [4.69, 9.17) is 0 Å². The maximum Gasteiger partial charge on any atom is 0.405 e. The van der Waals surface area contributed by atoms with Gasteiger partial charge < -0.3 is 10.2 Å². The number of carbonyl (C=O) groups is 2. The van der Waals surface area contributed by atoms with Crippen molar-refractivity contribution in [2.45, 2.75) is 31.9 Å². The van der Waals surface area contributed by atoms with E-state index >= 15 is 0 Å². The van der Waals surface area contributed by atoms with Gasteiger partial charge in [-0.15, -0.1) is 0 Å². The molecule has 1 aliphatic carbocycles. The fraction of sp³-hybridized carbons (Fsp3) is 0.500. The average Bonchev–Trinajstić information content (AvgIpc) is 3.09. The molecule has 0 aromatic heterocycles. The predicted molar refractivity (Wildman–Crippen MR) is 78.0 cm³/mol. The Bertz CT molecular complexity index is 643. The molecule has 1 N–H and O–H groups in total. The summed E-state index contributed by atoms with van der Waals surface area (Å²) in [5.41, 5.74) is 3.21. The van der Waals surface area contributed by atoms with E-state index in [9.17, 15) is 22.8 Å². The van der Waals surface area contributed by atoms with Crippen LogP contribution in [-0.2, 0) is 22.4 Å². The minimum atomic E-state index is -4.45. The van der Waals surface area contributed by atoms with Crippen molar-refractivity contribution < 1.29 is 22.8 Å². The third-order valence-electron chi connectivity index (χ3n) is 4.35. The first kappa shape index (κ1) is 15.8. The number of anilines is 1. The summed E-state index contributed by atoms with van der Waals surface area (Å²) in [6, 6.07) is 5.79. The number of rotatable bonds is 3. The molecule has 0 spiro atoms. The number of hydrogen-bond donors (Lipinski definition) is 1. The Morgan fingerprint density at radius 2 is 2.00 bits per heavy atom. The number of halogens is 3. The number of aryl methyl sites for hydroxylation is 2. The molecule has 1 aromatic carbocycles. The normalized spacial score (nSPS) is 20.7. The van der Waals surface area contributed by atoms with Gasteiger partial charge in [-0.2, -0.15) is 13.2 Å². The molecule has 4 nitrogen and oxygen atoms in total. The van der Waals surface area contributed by atoms with Gasteiger partial charge in [0.2, 0.25) is 11.8 Å². The molecule has 1 aromatic rings. The first-order chi connectivity index (χ1) is 10.8. The number of alkyl halides is 3. The van der Waals surface area contributed by atoms with Crippen molar-refractivity contribution in [3.05, 3.63) is 29.3 Å². The van der Waals surface area contributed by atoms with E-state index < -0.39 is 24.5 Å². The molecule has 1 unspecified atom stereocenters. The highest BCUT2D eigenvalue weighted by Gasteiger charge is 2.37. The standard InChI is InChI=1S/C16H17F3N2O2/c17-16(18,19)9-20-15(23)12-7-14(22)21(8-12)13-5-4-10-2-1-3-11(10)6-13/h4-6,12H,1-3,7-9H2,(H,20,23). The second kappa shape index (κ2) is 5.86. The number of carbonyl (C=O) groups excluding carboxylic acids is 2. The van der Waals surface area contributed by atoms with Crippen molar-refractivity contribution in [2.24, 2.45) is 5.92 Å². The number of nitrogens with zero attached hydrogens (tertiary/aromatic N) is 1. The summed E-state index contributed by atoms with van der Waals surface area (Å²) in [6.07, 6.45) is -1.40. The molecule has 0 bridgehead atoms. The van der Waals surface area contributed by atoms with Crippen LogP contribution >= 0.6 is 0 Å². The Labute approximate surface area is 131 Å². The molecule has 2 amide bonds. The molecule has 124 valence electrons. The summed E-state index contributed by atoms with van der Waals surface area (Å²) in [7, 11) is 0. The van der Waals surface area contributed by atoms with E-state index in [1.165, 1.54) is 16.0 Å². The number of hydrogen-bond acceptors (Lipinski definition) is 2. The van der Waals surface area contributed by atoms with Crippen molar-refractivity contribution >= 4 is 17.5 Å². The van der Waals surface area contributed by atoms with Crippen LogP contribution in [0.1, 0.15) is 24.0 Å². The van der Waals surface area contributed by atoms with Crippen LogP contribution in [0.15, 0.2) is 18.2 Å². The summed E-state index contributed by atoms with van der Waals surface area (Å²) in [5.74, 6) is -1.69. The lowest BCUT2D eigenvalue weighted by molar-refractivity contribution is -0.140. The largest absolute Gasteiger partial charge is 0.405 e. The van der Waals surface area contributed by atoms with Gasteiger partial charge in [0, 0.05) is 18.7 Å². The van der Waals surface area contributed by atoms with Crippen LogP contribution < -0.4 is 10.2 Å². The average molecular weight is 326 g/mol. The molecule has 7 heteroatoms. The van der Waals surface area contributed by atoms with E-state index in [0.29, 0.717) is 0 Å². The van der Waals surface area contributed by atoms with Crippen molar-refractivity contribution in [3.8, 4) is 0 Å². The molecule has 1 atom stereocenters. The van der Waals surface area contributed by atoms with E-state index in [2.05, 4.69) is 0 Å². The summed E-state index contributed by atoms with van der Waals surface area (Å²) >= 11 is 0. The van der Waals surface area contributed by atoms with Crippen LogP contribution in [-0.4, -0.2) is 31.1 Å². The Morgan fingerprint density at radius 1 is 1.26 bits per heavy atom. The Hall–Kier alpha value is -2.05. The van der Waals surface area contributed by atoms with Gasteiger partial charge in [-0.1, -0.05) is 6.07 Å². The molecule has 1 heterocycles. The first-order valence-corrected chi connectivity index (χ1v) is 7.60. The zero-order valence-corrected chi connectivity index (χ0v) is 12.4. The molecule has 2 aliphatic rings. The van der Waals surface area contributed by atoms with Gasteiger partial charge in [-0.3, -0.25) is 9.59 Å². The molecule has 0 saturated carbocycles. The van der Waals surface area contributed by atoms with Gasteiger partial charge in [0.15, 0.2) is 0 Å². The van der Waals surface area contributed by atoms with Crippen LogP contribution in [0.3, 0.4) is 0 Å². The molecular formula is C16H17F3N2O2. The van der Waals surface area contributed by atoms with Crippen LogP contribution in [0.25, 0.3) is 0 Å². The summed E-state index contributed by atoms with van der Waals surface area (Å²) in [6.45, 7) is -1.24. The fourth-order valence-corrected chi connectivity index (χ4v) is 3.19. The van der Waals surface area contributed by atoms with Gasteiger partial charge in [0.1, 0.15) is 6.54 Å². The maximum atomic E-state index is 12.2. The zero-order chi connectivity index (χ0) is 16.6. The lowest BCUT2D eigenvalue weighted by atomic mass is 10.1. The van der Waals surface area contributed by atoms with Crippen LogP contribution in [0.2, 0.25) is 0 Å². The minimum Gasteiger partial charge on any atom is -0.347 e. The number of amides is 2. The summed E-state index contributed by atoms with van der Waals surface area (Å²) in [4.78, 5) is 25.4. The van der Waals surface area contributed by atoms with Gasteiger partial charge in [-0.25, -0.2) is 0 Å². The minimum absolute atomic E-state index is 0.0548. The van der Waals surface area contributed by atoms with Gasteiger partial charge >= 0.3 is 6.18 Å². The van der Waals surface area contributed by atoms with Crippen LogP contribution in [0.4, 0.5) is 18.9 Å². The Balaban J connectivity index is 1.67. The third-order valence-corrected chi connectivity index (χ3v) is 4.35. The number of fused-ring (bicyclic) bond motifs is 1. The quantitative estimate of drug-likeness (QED) is 0.926. The topological polar surface area (TPSA) is 49.4 Å². The lowest BCUT2D eigenvalue weighted by Gasteiger charge is -2.18. The number of nitrogens with one attached hydrogen (secondary N) is 1. The second-order valence-electron chi connectivity index (χ2n) is 6.04. The molecule has 23 heavy (non-hydrogen) atoms. The summed E-state index contributed by atoms with van der Waals surface area (Å²) in [5, 5.41) is 1.86. The highest BCUT2D eigenvalue weighted by atomic mass is 19.4. The molecule has 1 fully saturated rings. The van der Waals surface area contributed by atoms with Crippen molar-refractivity contribution in [1.29, 1.82) is 0 Å².